The Balaban J connectivity index is 1.43. The number of benzene rings is 3. The fourth-order valence-corrected chi connectivity index (χ4v) is 6.21. The lowest BCUT2D eigenvalue weighted by atomic mass is 9.74. The maximum Gasteiger partial charge on any atom is 0.0462 e. The monoisotopic (exact) mass is 482 g/mol. The van der Waals surface area contributed by atoms with Gasteiger partial charge in [-0.1, -0.05) is 72.8 Å². The molecule has 184 valence electrons. The number of aryl methyl sites for hydroxylation is 2. The number of fused-ring (bicyclic) bond motifs is 5. The normalized spacial score (nSPS) is 15.7. The van der Waals surface area contributed by atoms with Gasteiger partial charge in [0.05, 0.1) is 0 Å². The highest BCUT2D eigenvalue weighted by Gasteiger charge is 2.28. The zero-order valence-corrected chi connectivity index (χ0v) is 21.4. The molecule has 3 aliphatic rings. The van der Waals surface area contributed by atoms with Crippen LogP contribution in [0.2, 0.25) is 0 Å². The van der Waals surface area contributed by atoms with Gasteiger partial charge in [-0.15, -0.1) is 0 Å². The third-order valence-corrected chi connectivity index (χ3v) is 8.03. The zero-order valence-electron chi connectivity index (χ0n) is 21.4. The molecule has 0 saturated heterocycles. The van der Waals surface area contributed by atoms with E-state index in [9.17, 15) is 0 Å². The molecule has 2 aliphatic carbocycles. The van der Waals surface area contributed by atoms with E-state index in [0.29, 0.717) is 0 Å². The van der Waals surface area contributed by atoms with Crippen molar-refractivity contribution in [2.75, 3.05) is 0 Å². The van der Waals surface area contributed by atoms with E-state index in [1.165, 1.54) is 62.0 Å². The van der Waals surface area contributed by atoms with E-state index in [0.717, 1.165) is 51.4 Å². The molecule has 3 aromatic carbocycles. The highest BCUT2D eigenvalue weighted by Crippen LogP contribution is 2.45. The van der Waals surface area contributed by atoms with E-state index in [1.807, 2.05) is 6.20 Å². The first-order valence-corrected chi connectivity index (χ1v) is 13.7. The molecule has 6 rings (SSSR count). The second kappa shape index (κ2) is 10.6. The van der Waals surface area contributed by atoms with E-state index in [4.69, 9.17) is 5.41 Å². The van der Waals surface area contributed by atoms with Crippen molar-refractivity contribution in [3.63, 3.8) is 0 Å². The SMILES string of the molecule is N=CCCCCc1ccc(C2=C(C3=CC=CC=CN3)c3ccc4c(c3CC2)CCc2ccccc2-4)cc1. The van der Waals surface area contributed by atoms with Gasteiger partial charge in [-0.2, -0.15) is 0 Å². The summed E-state index contributed by atoms with van der Waals surface area (Å²) < 4.78 is 0. The lowest BCUT2D eigenvalue weighted by Gasteiger charge is -2.31. The van der Waals surface area contributed by atoms with Crippen LogP contribution in [0.1, 0.15) is 59.1 Å². The minimum atomic E-state index is 0.883. The summed E-state index contributed by atoms with van der Waals surface area (Å²) in [7, 11) is 0. The quantitative estimate of drug-likeness (QED) is 0.258. The molecule has 2 N–H and O–H groups in total. The Morgan fingerprint density at radius 2 is 1.54 bits per heavy atom. The Bertz CT molecular complexity index is 1450. The first-order valence-electron chi connectivity index (χ1n) is 13.7. The molecule has 0 bridgehead atoms. The van der Waals surface area contributed by atoms with Gasteiger partial charge in [-0.05, 0) is 120 Å². The molecular weight excluding hydrogens is 448 g/mol. The predicted octanol–water partition coefficient (Wildman–Crippen LogP) is 8.23. The van der Waals surface area contributed by atoms with Crippen molar-refractivity contribution in [1.82, 2.24) is 5.32 Å². The van der Waals surface area contributed by atoms with Crippen LogP contribution in [0.25, 0.3) is 22.3 Å². The molecule has 0 spiro atoms. The average molecular weight is 483 g/mol. The van der Waals surface area contributed by atoms with Crippen LogP contribution >= 0.6 is 0 Å². The second-order valence-electron chi connectivity index (χ2n) is 10.2. The summed E-state index contributed by atoms with van der Waals surface area (Å²) in [6, 6.07) is 22.9. The molecule has 0 atom stereocenters. The van der Waals surface area contributed by atoms with Crippen LogP contribution in [0, 0.1) is 5.41 Å². The van der Waals surface area contributed by atoms with Crippen LogP contribution in [0.3, 0.4) is 0 Å². The van der Waals surface area contributed by atoms with Crippen LogP contribution in [0.5, 0.6) is 0 Å². The number of hydrogen-bond donors (Lipinski definition) is 2. The van der Waals surface area contributed by atoms with E-state index in [-0.39, 0.29) is 0 Å². The summed E-state index contributed by atoms with van der Waals surface area (Å²) in [5.74, 6) is 0. The van der Waals surface area contributed by atoms with Crippen molar-refractivity contribution in [1.29, 1.82) is 5.41 Å². The topological polar surface area (TPSA) is 35.9 Å². The summed E-state index contributed by atoms with van der Waals surface area (Å²) in [6.45, 7) is 0. The summed E-state index contributed by atoms with van der Waals surface area (Å²) in [6.07, 6.45) is 20.6. The Morgan fingerprint density at radius 1 is 0.730 bits per heavy atom. The van der Waals surface area contributed by atoms with E-state index < -0.39 is 0 Å². The minimum Gasteiger partial charge on any atom is -0.361 e. The standard InChI is InChI=1S/C35H34N2/c36-23-7-1-3-9-25-13-15-27(16-14-25)29-19-20-32-31-18-17-26-10-5-6-11-28(26)30(31)21-22-33(32)35(29)34-12-4-2-8-24-37-34/h2,4-6,8,10-16,21-24,36-37H,1,3,7,9,17-20H2. The van der Waals surface area contributed by atoms with E-state index in [1.54, 1.807) is 5.56 Å². The number of unbranched alkanes of at least 4 members (excludes halogenated alkanes) is 2. The maximum absolute atomic E-state index is 7.23. The van der Waals surface area contributed by atoms with Gasteiger partial charge >= 0.3 is 0 Å². The lowest BCUT2D eigenvalue weighted by molar-refractivity contribution is 0.765. The molecule has 1 heterocycles. The van der Waals surface area contributed by atoms with Gasteiger partial charge in [-0.3, -0.25) is 0 Å². The predicted molar refractivity (Wildman–Crippen MR) is 157 cm³/mol. The molecule has 37 heavy (non-hydrogen) atoms. The minimum absolute atomic E-state index is 0.883. The number of nitrogens with one attached hydrogen (secondary N) is 2. The van der Waals surface area contributed by atoms with Crippen molar-refractivity contribution >= 4 is 17.4 Å². The molecule has 0 fully saturated rings. The van der Waals surface area contributed by atoms with Gasteiger partial charge in [0.25, 0.3) is 0 Å². The van der Waals surface area contributed by atoms with Crippen molar-refractivity contribution in [2.45, 2.75) is 51.4 Å². The molecule has 3 aromatic rings. The maximum atomic E-state index is 7.23. The van der Waals surface area contributed by atoms with Crippen LogP contribution in [0.4, 0.5) is 0 Å². The van der Waals surface area contributed by atoms with Gasteiger partial charge in [0.1, 0.15) is 0 Å². The molecule has 0 amide bonds. The Morgan fingerprint density at radius 3 is 2.43 bits per heavy atom. The first-order chi connectivity index (χ1) is 18.3. The Kier molecular flexibility index (Phi) is 6.73. The number of rotatable bonds is 7. The van der Waals surface area contributed by atoms with Crippen LogP contribution < -0.4 is 5.32 Å². The fourth-order valence-electron chi connectivity index (χ4n) is 6.21. The van der Waals surface area contributed by atoms with Crippen molar-refractivity contribution < 1.29 is 0 Å². The second-order valence-corrected chi connectivity index (χ2v) is 10.2. The van der Waals surface area contributed by atoms with Gasteiger partial charge in [0.15, 0.2) is 0 Å². The molecule has 0 unspecified atom stereocenters. The van der Waals surface area contributed by atoms with Gasteiger partial charge in [0, 0.05) is 17.5 Å². The van der Waals surface area contributed by atoms with Gasteiger partial charge < -0.3 is 10.7 Å². The molecular formula is C35H34N2. The van der Waals surface area contributed by atoms with Gasteiger partial charge in [-0.25, -0.2) is 0 Å². The van der Waals surface area contributed by atoms with Gasteiger partial charge in [0.2, 0.25) is 0 Å². The molecule has 2 nitrogen and oxygen atoms in total. The molecule has 1 aliphatic heterocycles. The van der Waals surface area contributed by atoms with E-state index in [2.05, 4.69) is 90.3 Å². The Labute approximate surface area is 220 Å². The summed E-state index contributed by atoms with van der Waals surface area (Å²) in [5, 5.41) is 10.8. The Hall–Kier alpha value is -3.91. The van der Waals surface area contributed by atoms with Crippen LogP contribution in [0.15, 0.2) is 96.9 Å². The largest absolute Gasteiger partial charge is 0.361 e. The highest BCUT2D eigenvalue weighted by molar-refractivity contribution is 6.01. The molecule has 0 aromatic heterocycles. The van der Waals surface area contributed by atoms with Crippen molar-refractivity contribution in [2.24, 2.45) is 0 Å². The number of hydrogen-bond acceptors (Lipinski definition) is 2. The summed E-state index contributed by atoms with van der Waals surface area (Å²) in [5.41, 5.74) is 15.5. The molecule has 0 saturated carbocycles. The van der Waals surface area contributed by atoms with Crippen LogP contribution in [-0.2, 0) is 25.7 Å². The first kappa shape index (κ1) is 23.5. The third kappa shape index (κ3) is 4.64. The fraction of sp³-hybridized carbons (Fsp3) is 0.229. The molecule has 0 radical (unpaired) electrons. The molecule has 2 heteroatoms. The summed E-state index contributed by atoms with van der Waals surface area (Å²) >= 11 is 0. The highest BCUT2D eigenvalue weighted by atomic mass is 14.9. The van der Waals surface area contributed by atoms with Crippen molar-refractivity contribution in [3.8, 4) is 11.1 Å². The lowest BCUT2D eigenvalue weighted by Crippen LogP contribution is -2.17. The number of allylic oxidation sites excluding steroid dienone is 6. The van der Waals surface area contributed by atoms with E-state index >= 15 is 0 Å². The smallest absolute Gasteiger partial charge is 0.0462 e. The van der Waals surface area contributed by atoms with Crippen LogP contribution in [-0.4, -0.2) is 6.21 Å². The average Bonchev–Trinajstić information content (AvgIpc) is 3.24. The zero-order chi connectivity index (χ0) is 25.0. The summed E-state index contributed by atoms with van der Waals surface area (Å²) in [4.78, 5) is 0. The van der Waals surface area contributed by atoms with Crippen molar-refractivity contribution in [3.05, 3.63) is 130 Å². The third-order valence-electron chi connectivity index (χ3n) is 8.03.